The number of aromatic amines is 1. The SMILES string of the molecule is Cc1cc(Cl)c(CO[C@@H]2CCCCO2)c2cc[nH]c12. The predicted molar refractivity (Wildman–Crippen MR) is 76.4 cm³/mol. The van der Waals surface area contributed by atoms with Crippen molar-refractivity contribution in [2.45, 2.75) is 39.1 Å². The van der Waals surface area contributed by atoms with Gasteiger partial charge in [0.25, 0.3) is 0 Å². The van der Waals surface area contributed by atoms with Gasteiger partial charge < -0.3 is 14.5 Å². The van der Waals surface area contributed by atoms with E-state index >= 15 is 0 Å². The number of benzene rings is 1. The molecular formula is C15H18ClNO2. The molecule has 1 aromatic heterocycles. The van der Waals surface area contributed by atoms with Gasteiger partial charge in [0.05, 0.1) is 6.61 Å². The number of ether oxygens (including phenoxy) is 2. The Kier molecular flexibility index (Phi) is 3.78. The lowest BCUT2D eigenvalue weighted by Crippen LogP contribution is -2.22. The summed E-state index contributed by atoms with van der Waals surface area (Å²) in [5.41, 5.74) is 3.33. The summed E-state index contributed by atoms with van der Waals surface area (Å²) >= 11 is 6.35. The molecule has 1 aliphatic rings. The lowest BCUT2D eigenvalue weighted by atomic mass is 10.1. The van der Waals surface area contributed by atoms with E-state index in [0.717, 1.165) is 46.5 Å². The van der Waals surface area contributed by atoms with Crippen molar-refractivity contribution in [3.05, 3.63) is 34.5 Å². The Hall–Kier alpha value is -1.03. The van der Waals surface area contributed by atoms with Gasteiger partial charge in [-0.1, -0.05) is 11.6 Å². The highest BCUT2D eigenvalue weighted by atomic mass is 35.5. The Labute approximate surface area is 117 Å². The van der Waals surface area contributed by atoms with E-state index < -0.39 is 0 Å². The number of nitrogens with one attached hydrogen (secondary N) is 1. The standard InChI is InChI=1S/C15H18ClNO2/c1-10-8-13(16)12(11-5-6-17-15(10)11)9-19-14-4-2-3-7-18-14/h5-6,8,14,17H,2-4,7,9H2,1H3/t14-/m1/s1. The Morgan fingerprint density at radius 1 is 1.47 bits per heavy atom. The predicted octanol–water partition coefficient (Wildman–Crippen LogP) is 4.17. The minimum atomic E-state index is -0.0832. The van der Waals surface area contributed by atoms with Gasteiger partial charge in [0, 0.05) is 34.3 Å². The van der Waals surface area contributed by atoms with E-state index in [1.165, 1.54) is 6.42 Å². The molecule has 3 rings (SSSR count). The molecule has 0 aliphatic carbocycles. The number of fused-ring (bicyclic) bond motifs is 1. The first-order chi connectivity index (χ1) is 9.25. The molecule has 2 heterocycles. The van der Waals surface area contributed by atoms with Gasteiger partial charge in [-0.3, -0.25) is 0 Å². The largest absolute Gasteiger partial charge is 0.361 e. The molecule has 1 aliphatic heterocycles. The molecule has 19 heavy (non-hydrogen) atoms. The zero-order valence-corrected chi connectivity index (χ0v) is 11.8. The van der Waals surface area contributed by atoms with Gasteiger partial charge >= 0.3 is 0 Å². The molecule has 1 aromatic carbocycles. The van der Waals surface area contributed by atoms with Gasteiger partial charge in [0.1, 0.15) is 0 Å². The normalized spacial score (nSPS) is 20.0. The van der Waals surface area contributed by atoms with Crippen LogP contribution in [0.5, 0.6) is 0 Å². The van der Waals surface area contributed by atoms with Crippen LogP contribution in [-0.2, 0) is 16.1 Å². The van der Waals surface area contributed by atoms with Crippen LogP contribution < -0.4 is 0 Å². The third kappa shape index (κ3) is 2.64. The monoisotopic (exact) mass is 279 g/mol. The Morgan fingerprint density at radius 2 is 2.37 bits per heavy atom. The van der Waals surface area contributed by atoms with Crippen LogP contribution in [0.15, 0.2) is 18.3 Å². The summed E-state index contributed by atoms with van der Waals surface area (Å²) in [6.45, 7) is 3.35. The highest BCUT2D eigenvalue weighted by molar-refractivity contribution is 6.32. The summed E-state index contributed by atoms with van der Waals surface area (Å²) in [7, 11) is 0. The van der Waals surface area contributed by atoms with Gasteiger partial charge in [-0.25, -0.2) is 0 Å². The summed E-state index contributed by atoms with van der Waals surface area (Å²) in [5.74, 6) is 0. The summed E-state index contributed by atoms with van der Waals surface area (Å²) in [5, 5.41) is 1.90. The van der Waals surface area contributed by atoms with E-state index in [0.29, 0.717) is 6.61 Å². The third-order valence-electron chi connectivity index (χ3n) is 3.65. The molecule has 1 N–H and O–H groups in total. The lowest BCUT2D eigenvalue weighted by molar-refractivity contribution is -0.168. The quantitative estimate of drug-likeness (QED) is 0.915. The average Bonchev–Trinajstić information content (AvgIpc) is 2.89. The molecule has 0 spiro atoms. The van der Waals surface area contributed by atoms with Gasteiger partial charge in [-0.2, -0.15) is 0 Å². The van der Waals surface area contributed by atoms with Crippen LogP contribution >= 0.6 is 11.6 Å². The molecule has 4 heteroatoms. The lowest BCUT2D eigenvalue weighted by Gasteiger charge is -2.23. The van der Waals surface area contributed by atoms with Gasteiger partial charge in [-0.05, 0) is 43.9 Å². The van der Waals surface area contributed by atoms with Crippen LogP contribution in [0.25, 0.3) is 10.9 Å². The molecule has 0 saturated carbocycles. The summed E-state index contributed by atoms with van der Waals surface area (Å²) in [4.78, 5) is 3.25. The van der Waals surface area contributed by atoms with Crippen LogP contribution in [-0.4, -0.2) is 17.9 Å². The zero-order valence-electron chi connectivity index (χ0n) is 11.0. The van der Waals surface area contributed by atoms with E-state index in [9.17, 15) is 0 Å². The second-order valence-electron chi connectivity index (χ2n) is 5.03. The maximum absolute atomic E-state index is 6.35. The topological polar surface area (TPSA) is 34.2 Å². The second-order valence-corrected chi connectivity index (χ2v) is 5.43. The number of H-pyrrole nitrogens is 1. The summed E-state index contributed by atoms with van der Waals surface area (Å²) in [6.07, 6.45) is 5.13. The number of aromatic nitrogens is 1. The first kappa shape index (κ1) is 13.0. The van der Waals surface area contributed by atoms with E-state index in [1.54, 1.807) is 0 Å². The molecule has 1 fully saturated rings. The van der Waals surface area contributed by atoms with Crippen LogP contribution in [0, 0.1) is 6.92 Å². The number of hydrogen-bond donors (Lipinski definition) is 1. The van der Waals surface area contributed by atoms with Crippen molar-refractivity contribution in [1.82, 2.24) is 4.98 Å². The Balaban J connectivity index is 1.81. The maximum atomic E-state index is 6.35. The second kappa shape index (κ2) is 5.53. The third-order valence-corrected chi connectivity index (χ3v) is 3.99. The molecule has 3 nitrogen and oxygen atoms in total. The minimum Gasteiger partial charge on any atom is -0.361 e. The summed E-state index contributed by atoms with van der Waals surface area (Å²) < 4.78 is 11.4. The van der Waals surface area contributed by atoms with Crippen LogP contribution in [0.4, 0.5) is 0 Å². The number of rotatable bonds is 3. The van der Waals surface area contributed by atoms with Crippen molar-refractivity contribution in [3.8, 4) is 0 Å². The fourth-order valence-electron chi connectivity index (χ4n) is 2.59. The molecule has 0 bridgehead atoms. The fourth-order valence-corrected chi connectivity index (χ4v) is 2.91. The van der Waals surface area contributed by atoms with E-state index in [-0.39, 0.29) is 6.29 Å². The first-order valence-corrected chi connectivity index (χ1v) is 7.12. The van der Waals surface area contributed by atoms with Crippen molar-refractivity contribution in [3.63, 3.8) is 0 Å². The highest BCUT2D eigenvalue weighted by Gasteiger charge is 2.16. The molecule has 0 unspecified atom stereocenters. The van der Waals surface area contributed by atoms with E-state index in [2.05, 4.69) is 18.0 Å². The highest BCUT2D eigenvalue weighted by Crippen LogP contribution is 2.30. The first-order valence-electron chi connectivity index (χ1n) is 6.74. The smallest absolute Gasteiger partial charge is 0.158 e. The van der Waals surface area contributed by atoms with Crippen molar-refractivity contribution < 1.29 is 9.47 Å². The average molecular weight is 280 g/mol. The Morgan fingerprint density at radius 3 is 3.16 bits per heavy atom. The minimum absolute atomic E-state index is 0.0832. The van der Waals surface area contributed by atoms with Gasteiger partial charge in [0.15, 0.2) is 6.29 Å². The molecule has 1 atom stereocenters. The van der Waals surface area contributed by atoms with Crippen molar-refractivity contribution in [2.75, 3.05) is 6.61 Å². The number of hydrogen-bond acceptors (Lipinski definition) is 2. The molecule has 102 valence electrons. The molecule has 0 radical (unpaired) electrons. The number of halogens is 1. The van der Waals surface area contributed by atoms with Crippen LogP contribution in [0.3, 0.4) is 0 Å². The van der Waals surface area contributed by atoms with E-state index in [1.807, 2.05) is 12.3 Å². The molecule has 1 saturated heterocycles. The number of aryl methyl sites for hydroxylation is 1. The fraction of sp³-hybridized carbons (Fsp3) is 0.467. The molecular weight excluding hydrogens is 262 g/mol. The maximum Gasteiger partial charge on any atom is 0.158 e. The summed E-state index contributed by atoms with van der Waals surface area (Å²) in [6, 6.07) is 4.04. The van der Waals surface area contributed by atoms with Crippen LogP contribution in [0.2, 0.25) is 5.02 Å². The van der Waals surface area contributed by atoms with Crippen molar-refractivity contribution >= 4 is 22.5 Å². The van der Waals surface area contributed by atoms with Gasteiger partial charge in [0.2, 0.25) is 0 Å². The molecule has 2 aromatic rings. The zero-order chi connectivity index (χ0) is 13.2. The molecule has 0 amide bonds. The van der Waals surface area contributed by atoms with E-state index in [4.69, 9.17) is 21.1 Å². The van der Waals surface area contributed by atoms with Crippen molar-refractivity contribution in [2.24, 2.45) is 0 Å². The Bertz CT molecular complexity index is 573. The van der Waals surface area contributed by atoms with Gasteiger partial charge in [-0.15, -0.1) is 0 Å². The van der Waals surface area contributed by atoms with Crippen LogP contribution in [0.1, 0.15) is 30.4 Å². The van der Waals surface area contributed by atoms with Crippen molar-refractivity contribution in [1.29, 1.82) is 0 Å².